The van der Waals surface area contributed by atoms with Crippen LogP contribution in [0.25, 0.3) is 32.7 Å². The summed E-state index contributed by atoms with van der Waals surface area (Å²) in [5, 5.41) is 4.77. The van der Waals surface area contributed by atoms with E-state index in [1.54, 1.807) is 0 Å². The SMILES string of the molecule is CC1(C)c2cc3c(cc2-c2cc4ccc(N(c5ccccc5)c5ccccc5)cc4cc21)Oc1cccc2c1B3c1ccc3ccccc3c1O2. The van der Waals surface area contributed by atoms with Gasteiger partial charge in [0.25, 0.3) is 6.71 Å². The number of fused-ring (bicyclic) bond motifs is 10. The van der Waals surface area contributed by atoms with E-state index >= 15 is 0 Å². The predicted octanol–water partition coefficient (Wildman–Crippen LogP) is 10.5. The van der Waals surface area contributed by atoms with E-state index < -0.39 is 0 Å². The zero-order valence-corrected chi connectivity index (χ0v) is 28.4. The lowest BCUT2D eigenvalue weighted by Crippen LogP contribution is -2.57. The summed E-state index contributed by atoms with van der Waals surface area (Å²) in [6.45, 7) is 4.75. The first kappa shape index (κ1) is 28.6. The Labute approximate surface area is 297 Å². The summed E-state index contributed by atoms with van der Waals surface area (Å²) in [5.41, 5.74) is 11.9. The third-order valence-electron chi connectivity index (χ3n) is 11.3. The lowest BCUT2D eigenvalue weighted by Gasteiger charge is -2.34. The van der Waals surface area contributed by atoms with E-state index in [0.717, 1.165) is 50.9 Å². The number of ether oxygens (including phenoxy) is 2. The van der Waals surface area contributed by atoms with Crippen molar-refractivity contribution in [2.24, 2.45) is 0 Å². The second-order valence-corrected chi connectivity index (χ2v) is 14.5. The van der Waals surface area contributed by atoms with Gasteiger partial charge in [0, 0.05) is 33.3 Å². The molecule has 4 heteroatoms. The third-order valence-corrected chi connectivity index (χ3v) is 11.3. The number of benzene rings is 8. The van der Waals surface area contributed by atoms with Crippen molar-refractivity contribution in [1.29, 1.82) is 0 Å². The Morgan fingerprint density at radius 3 is 1.92 bits per heavy atom. The van der Waals surface area contributed by atoms with Gasteiger partial charge < -0.3 is 14.4 Å². The van der Waals surface area contributed by atoms with E-state index in [1.165, 1.54) is 49.3 Å². The molecule has 1 aliphatic carbocycles. The number of nitrogens with zero attached hydrogens (tertiary/aromatic N) is 1. The van der Waals surface area contributed by atoms with Gasteiger partial charge >= 0.3 is 0 Å². The standard InChI is InChI=1S/C47H32BNO2/c1-47(2)38-26-31-24-34(49(32-13-5-3-6-14-32)33-15-7-4-8-16-33)22-20-30(31)25-36(38)37-27-44-41(28-39(37)47)48-40-23-21-29-12-9-10-17-35(29)46(40)51-43-19-11-18-42(50-44)45(43)48/h3-28H,1-2H3. The summed E-state index contributed by atoms with van der Waals surface area (Å²) >= 11 is 0. The predicted molar refractivity (Wildman–Crippen MR) is 211 cm³/mol. The molecule has 0 fully saturated rings. The van der Waals surface area contributed by atoms with Crippen LogP contribution in [-0.4, -0.2) is 6.71 Å². The van der Waals surface area contributed by atoms with E-state index in [1.807, 2.05) is 6.07 Å². The van der Waals surface area contributed by atoms with E-state index in [0.29, 0.717) is 0 Å². The van der Waals surface area contributed by atoms with Gasteiger partial charge in [-0.05, 0) is 116 Å². The van der Waals surface area contributed by atoms with Crippen LogP contribution in [0.2, 0.25) is 0 Å². The van der Waals surface area contributed by atoms with Crippen molar-refractivity contribution in [3.05, 3.63) is 169 Å². The summed E-state index contributed by atoms with van der Waals surface area (Å²) < 4.78 is 13.4. The second-order valence-electron chi connectivity index (χ2n) is 14.5. The lowest BCUT2D eigenvalue weighted by atomic mass is 9.34. The molecule has 0 saturated heterocycles. The average Bonchev–Trinajstić information content (AvgIpc) is 3.38. The van der Waals surface area contributed by atoms with Gasteiger partial charge in [-0.2, -0.15) is 0 Å². The van der Waals surface area contributed by atoms with Crippen molar-refractivity contribution < 1.29 is 9.47 Å². The van der Waals surface area contributed by atoms with Gasteiger partial charge in [-0.25, -0.2) is 0 Å². The molecule has 0 N–H and O–H groups in total. The Bertz CT molecular complexity index is 2700. The van der Waals surface area contributed by atoms with Gasteiger partial charge in [-0.1, -0.05) is 105 Å². The fourth-order valence-corrected chi connectivity index (χ4v) is 8.86. The second kappa shape index (κ2) is 10.4. The zero-order valence-electron chi connectivity index (χ0n) is 28.4. The van der Waals surface area contributed by atoms with Crippen LogP contribution in [-0.2, 0) is 5.41 Å². The van der Waals surface area contributed by atoms with Gasteiger partial charge in [0.2, 0.25) is 0 Å². The van der Waals surface area contributed by atoms with Crippen LogP contribution in [0.1, 0.15) is 25.0 Å². The molecule has 0 amide bonds. The number of hydrogen-bond donors (Lipinski definition) is 0. The third kappa shape index (κ3) is 4.08. The number of hydrogen-bond acceptors (Lipinski definition) is 3. The van der Waals surface area contributed by atoms with Crippen LogP contribution in [0.5, 0.6) is 23.0 Å². The Kier molecular flexibility index (Phi) is 5.82. The van der Waals surface area contributed by atoms with E-state index in [2.05, 4.69) is 170 Å². The number of para-hydroxylation sites is 2. The highest BCUT2D eigenvalue weighted by Gasteiger charge is 2.44. The number of rotatable bonds is 3. The molecular formula is C47H32BNO2. The maximum Gasteiger partial charge on any atom is 0.260 e. The topological polar surface area (TPSA) is 21.7 Å². The largest absolute Gasteiger partial charge is 0.458 e. The Morgan fingerprint density at radius 1 is 0.471 bits per heavy atom. The molecule has 240 valence electrons. The van der Waals surface area contributed by atoms with Crippen molar-refractivity contribution in [3.8, 4) is 34.1 Å². The van der Waals surface area contributed by atoms with Gasteiger partial charge in [0.1, 0.15) is 23.0 Å². The summed E-state index contributed by atoms with van der Waals surface area (Å²) in [5.74, 6) is 3.61. The zero-order chi connectivity index (χ0) is 33.8. The normalized spacial score (nSPS) is 14.1. The molecule has 8 aromatic carbocycles. The van der Waals surface area contributed by atoms with Crippen LogP contribution >= 0.6 is 0 Å². The summed E-state index contributed by atoms with van der Waals surface area (Å²) in [4.78, 5) is 2.33. The highest BCUT2D eigenvalue weighted by Crippen LogP contribution is 2.52. The van der Waals surface area contributed by atoms with Crippen LogP contribution < -0.4 is 30.8 Å². The van der Waals surface area contributed by atoms with Crippen molar-refractivity contribution >= 4 is 61.7 Å². The van der Waals surface area contributed by atoms with Crippen molar-refractivity contribution in [2.45, 2.75) is 19.3 Å². The molecule has 0 atom stereocenters. The lowest BCUT2D eigenvalue weighted by molar-refractivity contribution is 0.467. The van der Waals surface area contributed by atoms with Crippen LogP contribution in [0, 0.1) is 0 Å². The molecule has 0 radical (unpaired) electrons. The first-order valence-corrected chi connectivity index (χ1v) is 17.7. The average molecular weight is 654 g/mol. The Balaban J connectivity index is 1.07. The van der Waals surface area contributed by atoms with Gasteiger partial charge in [-0.15, -0.1) is 0 Å². The van der Waals surface area contributed by atoms with Crippen molar-refractivity contribution in [2.75, 3.05) is 4.90 Å². The van der Waals surface area contributed by atoms with E-state index in [9.17, 15) is 0 Å². The molecule has 0 spiro atoms. The minimum Gasteiger partial charge on any atom is -0.458 e. The van der Waals surface area contributed by atoms with Gasteiger partial charge in [-0.3, -0.25) is 0 Å². The smallest absolute Gasteiger partial charge is 0.260 e. The molecule has 11 rings (SSSR count). The van der Waals surface area contributed by atoms with Gasteiger partial charge in [0.05, 0.1) is 0 Å². The first-order chi connectivity index (χ1) is 25.0. The molecule has 0 saturated carbocycles. The Hall–Kier alpha value is -6.26. The minimum absolute atomic E-state index is 0.0155. The van der Waals surface area contributed by atoms with Crippen LogP contribution in [0.3, 0.4) is 0 Å². The van der Waals surface area contributed by atoms with Gasteiger partial charge in [0.15, 0.2) is 0 Å². The molecule has 2 aliphatic heterocycles. The minimum atomic E-state index is -0.209. The fraction of sp³-hybridized carbons (Fsp3) is 0.0638. The molecule has 0 unspecified atom stereocenters. The summed E-state index contributed by atoms with van der Waals surface area (Å²) in [6, 6.07) is 56.8. The highest BCUT2D eigenvalue weighted by atomic mass is 16.5. The number of anilines is 3. The first-order valence-electron chi connectivity index (χ1n) is 17.7. The summed E-state index contributed by atoms with van der Waals surface area (Å²) in [6.07, 6.45) is 0. The molecule has 0 aromatic heterocycles. The highest BCUT2D eigenvalue weighted by molar-refractivity contribution is 6.98. The molecular weight excluding hydrogens is 621 g/mol. The quantitative estimate of drug-likeness (QED) is 0.177. The molecule has 51 heavy (non-hydrogen) atoms. The Morgan fingerprint density at radius 2 is 1.14 bits per heavy atom. The van der Waals surface area contributed by atoms with Crippen LogP contribution in [0.15, 0.2) is 158 Å². The monoisotopic (exact) mass is 653 g/mol. The van der Waals surface area contributed by atoms with Crippen LogP contribution in [0.4, 0.5) is 17.1 Å². The molecule has 3 nitrogen and oxygen atoms in total. The fourth-order valence-electron chi connectivity index (χ4n) is 8.86. The van der Waals surface area contributed by atoms with E-state index in [4.69, 9.17) is 9.47 Å². The maximum absolute atomic E-state index is 6.76. The molecule has 3 aliphatic rings. The molecule has 8 aromatic rings. The molecule has 0 bridgehead atoms. The van der Waals surface area contributed by atoms with E-state index in [-0.39, 0.29) is 12.1 Å². The maximum atomic E-state index is 6.76. The molecule has 2 heterocycles. The van der Waals surface area contributed by atoms with Crippen molar-refractivity contribution in [1.82, 2.24) is 0 Å². The van der Waals surface area contributed by atoms with Crippen molar-refractivity contribution in [3.63, 3.8) is 0 Å². The summed E-state index contributed by atoms with van der Waals surface area (Å²) in [7, 11) is 0.